The summed E-state index contributed by atoms with van der Waals surface area (Å²) in [7, 11) is 1.30. The summed E-state index contributed by atoms with van der Waals surface area (Å²) in [4.78, 5) is 31.9. The second-order valence-electron chi connectivity index (χ2n) is 12.8. The normalized spacial score (nSPS) is 47.9. The van der Waals surface area contributed by atoms with Crippen LogP contribution in [0.5, 0.6) is 0 Å². The molecule has 0 aromatic heterocycles. The molecule has 4 rings (SSSR count). The summed E-state index contributed by atoms with van der Waals surface area (Å²) in [6.07, 6.45) is -25.4. The molecule has 3 heterocycles. The summed E-state index contributed by atoms with van der Waals surface area (Å²) in [5, 5.41) is 109. The van der Waals surface area contributed by atoms with E-state index in [1.54, 1.807) is 0 Å². The van der Waals surface area contributed by atoms with Gasteiger partial charge in [-0.15, -0.1) is 0 Å². The van der Waals surface area contributed by atoms with Crippen LogP contribution in [-0.2, 0) is 38.0 Å². The van der Waals surface area contributed by atoms with Gasteiger partial charge in [-0.3, -0.25) is 4.79 Å². The minimum absolute atomic E-state index is 0.0606. The van der Waals surface area contributed by atoms with Crippen LogP contribution in [0, 0.1) is 0 Å². The van der Waals surface area contributed by atoms with Gasteiger partial charge in [0.25, 0.3) is 0 Å². The lowest BCUT2D eigenvalue weighted by Crippen LogP contribution is -2.68. The quantitative estimate of drug-likeness (QED) is 0.0471. The van der Waals surface area contributed by atoms with E-state index >= 15 is 0 Å². The number of hydrogen-bond acceptors (Lipinski definition) is 20. The number of carbonyl (C=O) groups excluding carboxylic acids is 1. The molecule has 0 amide bonds. The third kappa shape index (κ3) is 7.40. The van der Waals surface area contributed by atoms with E-state index in [1.165, 1.54) is 14.0 Å². The second kappa shape index (κ2) is 16.2. The predicted octanol–water partition coefficient (Wildman–Crippen LogP) is -10.2. The van der Waals surface area contributed by atoms with Gasteiger partial charge in [0, 0.05) is 0 Å². The van der Waals surface area contributed by atoms with Gasteiger partial charge in [0.15, 0.2) is 36.4 Å². The monoisotopic (exact) mass is 757 g/mol. The van der Waals surface area contributed by atoms with Crippen molar-refractivity contribution in [3.63, 3.8) is 0 Å². The number of hydrogen-bond donors (Lipinski definition) is 15. The van der Waals surface area contributed by atoms with Crippen LogP contribution in [0.4, 0.5) is 0 Å². The number of aliphatic hydroxyl groups is 9. The molecule has 0 radical (unpaired) electrons. The lowest BCUT2D eigenvalue weighted by Gasteiger charge is -2.47. The molecule has 19 atom stereocenters. The van der Waals surface area contributed by atoms with Crippen molar-refractivity contribution in [1.82, 2.24) is 5.32 Å². The Morgan fingerprint density at radius 3 is 1.92 bits per heavy atom. The van der Waals surface area contributed by atoms with Crippen LogP contribution in [0.2, 0.25) is 0 Å². The van der Waals surface area contributed by atoms with E-state index in [0.29, 0.717) is 0 Å². The Labute approximate surface area is 294 Å². The molecule has 0 spiro atoms. The number of aldehydes is 1. The van der Waals surface area contributed by atoms with Crippen LogP contribution in [0.3, 0.4) is 0 Å². The third-order valence-electron chi connectivity index (χ3n) is 9.57. The zero-order valence-corrected chi connectivity index (χ0v) is 27.7. The largest absolute Gasteiger partial charge is 0.479 e. The van der Waals surface area contributed by atoms with Crippen molar-refractivity contribution in [3.8, 4) is 0 Å². The van der Waals surface area contributed by atoms with E-state index in [2.05, 4.69) is 15.3 Å². The van der Waals surface area contributed by atoms with Crippen molar-refractivity contribution in [3.05, 3.63) is 0 Å². The van der Waals surface area contributed by atoms with Crippen LogP contribution in [0.15, 0.2) is 9.98 Å². The lowest BCUT2D eigenvalue weighted by molar-refractivity contribution is -0.336. The SMILES string of the molecule is CNC1C(OC2C(OC3C(O)C(O)C(N=C(N)N)C(O)C3N=C(N)N)OC(C)C2(O)C=O)OC(CO)C(OC2OC(CO)C(O)C2(O)C(=O)O)C1O. The first-order chi connectivity index (χ1) is 24.3. The fourth-order valence-electron chi connectivity index (χ4n) is 6.64. The molecule has 1 saturated carbocycles. The highest BCUT2D eigenvalue weighted by Crippen LogP contribution is 2.40. The summed E-state index contributed by atoms with van der Waals surface area (Å²) < 4.78 is 34.2. The number of carboxylic acid groups (broad SMARTS) is 1. The summed E-state index contributed by atoms with van der Waals surface area (Å²) in [5.41, 5.74) is 16.2. The Hall–Kier alpha value is -2.96. The average molecular weight is 758 g/mol. The van der Waals surface area contributed by atoms with Crippen molar-refractivity contribution in [1.29, 1.82) is 0 Å². The maximum absolute atomic E-state index is 12.4. The average Bonchev–Trinajstić information content (AvgIpc) is 3.48. The van der Waals surface area contributed by atoms with Gasteiger partial charge >= 0.3 is 5.97 Å². The third-order valence-corrected chi connectivity index (χ3v) is 9.57. The minimum atomic E-state index is -3.14. The maximum atomic E-state index is 12.4. The number of nitrogens with one attached hydrogen (secondary N) is 1. The van der Waals surface area contributed by atoms with E-state index in [-0.39, 0.29) is 6.29 Å². The van der Waals surface area contributed by atoms with E-state index in [0.717, 1.165) is 0 Å². The van der Waals surface area contributed by atoms with Crippen LogP contribution in [0.1, 0.15) is 6.92 Å². The number of nitrogens with two attached hydrogens (primary N) is 4. The molecule has 3 aliphatic heterocycles. The molecule has 19 N–H and O–H groups in total. The van der Waals surface area contributed by atoms with E-state index in [4.69, 9.17) is 51.4 Å². The first-order valence-electron chi connectivity index (χ1n) is 15.9. The number of aliphatic imine (C=N–C) groups is 2. The van der Waals surface area contributed by atoms with Gasteiger partial charge in [-0.05, 0) is 14.0 Å². The Morgan fingerprint density at radius 1 is 0.808 bits per heavy atom. The van der Waals surface area contributed by atoms with Crippen molar-refractivity contribution in [2.45, 2.75) is 122 Å². The molecule has 0 bridgehead atoms. The fraction of sp³-hybridized carbons (Fsp3) is 0.852. The second-order valence-corrected chi connectivity index (χ2v) is 12.8. The lowest BCUT2D eigenvalue weighted by atomic mass is 9.81. The number of carbonyl (C=O) groups is 2. The number of nitrogens with zero attached hydrogens (tertiary/aromatic N) is 2. The van der Waals surface area contributed by atoms with Gasteiger partial charge in [-0.2, -0.15) is 0 Å². The molecule has 4 fully saturated rings. The minimum Gasteiger partial charge on any atom is -0.479 e. The molecule has 298 valence electrons. The standard InChI is InChI=1S/C27H47N7O18/c1-6-26(45,5-37)19(21(47-6)50-17-10(34-25(30)31)12(38)9(33-24(28)29)13(39)15(17)41)52-20-11(32-2)14(40)16(7(3-35)48-20)51-23-27(46,22(43)44)18(42)8(4-36)49-23/h5-21,23,32,35-36,38-42,45-46H,3-4H2,1-2H3,(H,43,44)(H4,28,29,33)(H4,30,31,34). The molecular formula is C27H47N7O18. The Kier molecular flexibility index (Phi) is 13.0. The zero-order chi connectivity index (χ0) is 39.0. The van der Waals surface area contributed by atoms with Crippen LogP contribution >= 0.6 is 0 Å². The number of aliphatic carboxylic acids is 1. The van der Waals surface area contributed by atoms with Gasteiger partial charge in [0.1, 0.15) is 73.1 Å². The first-order valence-corrected chi connectivity index (χ1v) is 15.9. The van der Waals surface area contributed by atoms with Gasteiger partial charge < -0.3 is 108 Å². The fourth-order valence-corrected chi connectivity index (χ4v) is 6.64. The van der Waals surface area contributed by atoms with Crippen molar-refractivity contribution in [2.24, 2.45) is 32.9 Å². The summed E-state index contributed by atoms with van der Waals surface area (Å²) >= 11 is 0. The molecule has 1 aliphatic carbocycles. The highest BCUT2D eigenvalue weighted by molar-refractivity contribution is 5.79. The molecule has 25 heteroatoms. The highest BCUT2D eigenvalue weighted by Gasteiger charge is 2.64. The molecule has 25 nitrogen and oxygen atoms in total. The molecular weight excluding hydrogens is 710 g/mol. The van der Waals surface area contributed by atoms with E-state index in [1.807, 2.05) is 0 Å². The highest BCUT2D eigenvalue weighted by atomic mass is 16.8. The first kappa shape index (κ1) is 41.8. The summed E-state index contributed by atoms with van der Waals surface area (Å²) in [5.74, 6) is -3.15. The number of rotatable bonds is 13. The number of ether oxygens (including phenoxy) is 6. The van der Waals surface area contributed by atoms with Crippen LogP contribution < -0.4 is 28.3 Å². The Morgan fingerprint density at radius 2 is 1.40 bits per heavy atom. The van der Waals surface area contributed by atoms with Gasteiger partial charge in [-0.1, -0.05) is 0 Å². The van der Waals surface area contributed by atoms with Crippen molar-refractivity contribution >= 4 is 24.2 Å². The number of aliphatic hydroxyl groups excluding tert-OH is 7. The Bertz CT molecular complexity index is 1330. The molecule has 19 unspecified atom stereocenters. The van der Waals surface area contributed by atoms with Gasteiger partial charge in [0.05, 0.1) is 25.4 Å². The maximum Gasteiger partial charge on any atom is 0.344 e. The smallest absolute Gasteiger partial charge is 0.344 e. The van der Waals surface area contributed by atoms with Crippen molar-refractivity contribution in [2.75, 3.05) is 20.3 Å². The van der Waals surface area contributed by atoms with Gasteiger partial charge in [0.2, 0.25) is 11.9 Å². The zero-order valence-electron chi connectivity index (χ0n) is 27.7. The molecule has 0 aromatic rings. The molecule has 52 heavy (non-hydrogen) atoms. The Balaban J connectivity index is 1.63. The summed E-state index contributed by atoms with van der Waals surface area (Å²) in [6.45, 7) is -0.634. The number of carboxylic acids is 1. The van der Waals surface area contributed by atoms with Crippen molar-refractivity contribution < 1.29 is 89.1 Å². The molecule has 3 saturated heterocycles. The summed E-state index contributed by atoms with van der Waals surface area (Å²) in [6, 6.07) is -4.56. The molecule has 0 aromatic carbocycles. The predicted molar refractivity (Wildman–Crippen MR) is 166 cm³/mol. The number of likely N-dealkylation sites (N-methyl/N-ethyl adjacent to an activating group) is 1. The van der Waals surface area contributed by atoms with E-state index < -0.39 is 146 Å². The van der Waals surface area contributed by atoms with E-state index in [9.17, 15) is 60.7 Å². The number of guanidine groups is 2. The topological polar surface area (TPSA) is 433 Å². The van der Waals surface area contributed by atoms with Gasteiger partial charge in [-0.25, -0.2) is 14.8 Å². The van der Waals surface area contributed by atoms with Crippen LogP contribution in [-0.4, -0.2) is 211 Å². The van der Waals surface area contributed by atoms with Crippen LogP contribution in [0.25, 0.3) is 0 Å². The molecule has 4 aliphatic rings.